The highest BCUT2D eigenvalue weighted by atomic mass is 16.5. The average Bonchev–Trinajstić information content (AvgIpc) is 2.27. The molecule has 0 spiro atoms. The van der Waals surface area contributed by atoms with Crippen LogP contribution in [0.2, 0.25) is 0 Å². The van der Waals surface area contributed by atoms with Gasteiger partial charge in [0.1, 0.15) is 12.4 Å². The quantitative estimate of drug-likeness (QED) is 0.542. The van der Waals surface area contributed by atoms with Crippen LogP contribution in [0.15, 0.2) is 36.9 Å². The van der Waals surface area contributed by atoms with Crippen LogP contribution >= 0.6 is 0 Å². The van der Waals surface area contributed by atoms with E-state index in [9.17, 15) is 4.79 Å². The van der Waals surface area contributed by atoms with Gasteiger partial charge >= 0.3 is 0 Å². The first-order valence-corrected chi connectivity index (χ1v) is 4.52. The summed E-state index contributed by atoms with van der Waals surface area (Å²) in [6.07, 6.45) is 1.56. The van der Waals surface area contributed by atoms with Crippen LogP contribution in [0.25, 0.3) is 0 Å². The number of hydrogen-bond acceptors (Lipinski definition) is 3. The minimum atomic E-state index is -0.173. The Hall–Kier alpha value is -2.08. The molecule has 0 fully saturated rings. The maximum absolute atomic E-state index is 11.3. The maximum atomic E-state index is 11.3. The van der Waals surface area contributed by atoms with Crippen molar-refractivity contribution in [3.05, 3.63) is 42.5 Å². The van der Waals surface area contributed by atoms with Gasteiger partial charge in [-0.2, -0.15) is 5.26 Å². The predicted molar refractivity (Wildman–Crippen MR) is 56.7 cm³/mol. The first kappa shape index (κ1) is 11.0. The molecule has 0 aliphatic heterocycles. The molecule has 0 bridgehead atoms. The molecule has 0 aliphatic carbocycles. The number of ether oxygens (including phenoxy) is 1. The maximum Gasteiger partial charge on any atom is 0.176 e. The lowest BCUT2D eigenvalue weighted by atomic mass is 10.1. The fourth-order valence-corrected chi connectivity index (χ4v) is 1.07. The molecule has 1 rings (SSSR count). The molecule has 0 saturated carbocycles. The number of carbonyl (C=O) groups is 1. The summed E-state index contributed by atoms with van der Waals surface area (Å²) in [6.45, 7) is 3.97. The number of ketones is 1. The number of hydrogen-bond donors (Lipinski definition) is 0. The summed E-state index contributed by atoms with van der Waals surface area (Å²) in [5.41, 5.74) is 0.530. The minimum Gasteiger partial charge on any atom is -0.490 e. The second-order valence-electron chi connectivity index (χ2n) is 2.88. The fourth-order valence-electron chi connectivity index (χ4n) is 1.07. The summed E-state index contributed by atoms with van der Waals surface area (Å²) in [5, 5.41) is 8.36. The average molecular weight is 201 g/mol. The molecule has 0 unspecified atom stereocenters. The smallest absolute Gasteiger partial charge is 0.176 e. The lowest BCUT2D eigenvalue weighted by Crippen LogP contribution is -1.98. The van der Waals surface area contributed by atoms with Crippen LogP contribution in [-0.4, -0.2) is 12.4 Å². The summed E-state index contributed by atoms with van der Waals surface area (Å²) in [6, 6.07) is 8.53. The predicted octanol–water partition coefficient (Wildman–Crippen LogP) is 2.35. The molecular formula is C12H11NO2. The topological polar surface area (TPSA) is 50.1 Å². The summed E-state index contributed by atoms with van der Waals surface area (Å²) in [7, 11) is 0. The third-order valence-corrected chi connectivity index (χ3v) is 1.78. The minimum absolute atomic E-state index is 0.0904. The summed E-state index contributed by atoms with van der Waals surface area (Å²) >= 11 is 0. The Bertz CT molecular complexity index is 387. The largest absolute Gasteiger partial charge is 0.490 e. The van der Waals surface area contributed by atoms with Gasteiger partial charge in [0.2, 0.25) is 0 Å². The van der Waals surface area contributed by atoms with Crippen molar-refractivity contribution in [3.63, 3.8) is 0 Å². The first-order valence-electron chi connectivity index (χ1n) is 4.52. The highest BCUT2D eigenvalue weighted by Gasteiger charge is 2.04. The van der Waals surface area contributed by atoms with Crippen LogP contribution in [0.1, 0.15) is 16.8 Å². The van der Waals surface area contributed by atoms with Gasteiger partial charge in [-0.3, -0.25) is 4.79 Å². The van der Waals surface area contributed by atoms with Crippen molar-refractivity contribution in [2.75, 3.05) is 6.61 Å². The van der Waals surface area contributed by atoms with Crippen molar-refractivity contribution < 1.29 is 9.53 Å². The van der Waals surface area contributed by atoms with Gasteiger partial charge in [-0.15, -0.1) is 0 Å². The SMILES string of the molecule is C=CCOc1ccc(C(=O)CC#N)cc1. The van der Waals surface area contributed by atoms with Crippen molar-refractivity contribution in [2.45, 2.75) is 6.42 Å². The van der Waals surface area contributed by atoms with E-state index in [1.165, 1.54) is 0 Å². The molecule has 3 nitrogen and oxygen atoms in total. The van der Waals surface area contributed by atoms with Gasteiger partial charge < -0.3 is 4.74 Å². The Labute approximate surface area is 88.6 Å². The molecule has 15 heavy (non-hydrogen) atoms. The van der Waals surface area contributed by atoms with Crippen molar-refractivity contribution in [2.24, 2.45) is 0 Å². The van der Waals surface area contributed by atoms with Gasteiger partial charge in [0.15, 0.2) is 5.78 Å². The van der Waals surface area contributed by atoms with E-state index in [1.54, 1.807) is 30.3 Å². The number of nitrogens with zero attached hydrogens (tertiary/aromatic N) is 1. The Morgan fingerprint density at radius 2 is 2.13 bits per heavy atom. The Morgan fingerprint density at radius 3 is 2.67 bits per heavy atom. The van der Waals surface area contributed by atoms with Crippen molar-refractivity contribution in [3.8, 4) is 11.8 Å². The number of benzene rings is 1. The van der Waals surface area contributed by atoms with E-state index in [4.69, 9.17) is 10.00 Å². The lowest BCUT2D eigenvalue weighted by molar-refractivity contribution is 0.0997. The molecule has 1 aromatic carbocycles. The molecule has 0 amide bonds. The Morgan fingerprint density at radius 1 is 1.47 bits per heavy atom. The number of nitriles is 1. The Balaban J connectivity index is 2.68. The zero-order valence-electron chi connectivity index (χ0n) is 8.27. The van der Waals surface area contributed by atoms with E-state index >= 15 is 0 Å². The normalized spacial score (nSPS) is 9.00. The molecule has 1 aromatic rings. The molecule has 3 heteroatoms. The number of carbonyl (C=O) groups excluding carboxylic acids is 1. The molecule has 0 aromatic heterocycles. The van der Waals surface area contributed by atoms with Crippen LogP contribution in [0.4, 0.5) is 0 Å². The summed E-state index contributed by atoms with van der Waals surface area (Å²) in [5.74, 6) is 0.510. The highest BCUT2D eigenvalue weighted by Crippen LogP contribution is 2.13. The van der Waals surface area contributed by atoms with Crippen LogP contribution in [0.3, 0.4) is 0 Å². The summed E-state index contributed by atoms with van der Waals surface area (Å²) < 4.78 is 5.26. The fraction of sp³-hybridized carbons (Fsp3) is 0.167. The molecule has 0 aliphatic rings. The van der Waals surface area contributed by atoms with Gasteiger partial charge in [0.05, 0.1) is 12.5 Å². The molecule has 0 heterocycles. The van der Waals surface area contributed by atoms with Gasteiger partial charge in [-0.05, 0) is 24.3 Å². The molecule has 0 N–H and O–H groups in total. The van der Waals surface area contributed by atoms with Crippen LogP contribution in [0.5, 0.6) is 5.75 Å². The monoisotopic (exact) mass is 201 g/mol. The molecular weight excluding hydrogens is 190 g/mol. The second-order valence-corrected chi connectivity index (χ2v) is 2.88. The van der Waals surface area contributed by atoms with Crippen molar-refractivity contribution >= 4 is 5.78 Å². The molecule has 76 valence electrons. The molecule has 0 atom stereocenters. The molecule has 0 radical (unpaired) electrons. The second kappa shape index (κ2) is 5.61. The third-order valence-electron chi connectivity index (χ3n) is 1.78. The first-order chi connectivity index (χ1) is 7.27. The lowest BCUT2D eigenvalue weighted by Gasteiger charge is -2.03. The van der Waals surface area contributed by atoms with Gasteiger partial charge in [0, 0.05) is 5.56 Å². The number of rotatable bonds is 5. The van der Waals surface area contributed by atoms with E-state index in [2.05, 4.69) is 6.58 Å². The standard InChI is InChI=1S/C12H11NO2/c1-2-9-15-11-5-3-10(4-6-11)12(14)7-8-13/h2-6H,1,7,9H2. The van der Waals surface area contributed by atoms with E-state index in [0.717, 1.165) is 0 Å². The zero-order chi connectivity index (χ0) is 11.1. The third kappa shape index (κ3) is 3.28. The van der Waals surface area contributed by atoms with Crippen LogP contribution in [0, 0.1) is 11.3 Å². The van der Waals surface area contributed by atoms with E-state index in [1.807, 2.05) is 6.07 Å². The molecule has 0 saturated heterocycles. The number of Topliss-reactive ketones (excluding diaryl/α,β-unsaturated/α-hetero) is 1. The Kier molecular flexibility index (Phi) is 4.11. The summed E-state index contributed by atoms with van der Waals surface area (Å²) in [4.78, 5) is 11.3. The van der Waals surface area contributed by atoms with Crippen LogP contribution < -0.4 is 4.74 Å². The van der Waals surface area contributed by atoms with Crippen molar-refractivity contribution in [1.29, 1.82) is 5.26 Å². The van der Waals surface area contributed by atoms with Crippen molar-refractivity contribution in [1.82, 2.24) is 0 Å². The van der Waals surface area contributed by atoms with Gasteiger partial charge in [-0.25, -0.2) is 0 Å². The van der Waals surface area contributed by atoms with E-state index < -0.39 is 0 Å². The van der Waals surface area contributed by atoms with E-state index in [-0.39, 0.29) is 12.2 Å². The van der Waals surface area contributed by atoms with Crippen LogP contribution in [-0.2, 0) is 0 Å². The van der Waals surface area contributed by atoms with E-state index in [0.29, 0.717) is 17.9 Å². The zero-order valence-corrected chi connectivity index (χ0v) is 8.27. The van der Waals surface area contributed by atoms with Gasteiger partial charge in [-0.1, -0.05) is 12.7 Å². The highest BCUT2D eigenvalue weighted by molar-refractivity contribution is 5.97. The van der Waals surface area contributed by atoms with Gasteiger partial charge in [0.25, 0.3) is 0 Å².